The number of nitrogens with zero attached hydrogens (tertiary/aromatic N) is 1. The van der Waals surface area contributed by atoms with Crippen LogP contribution in [0.4, 0.5) is 0 Å². The van der Waals surface area contributed by atoms with Gasteiger partial charge in [0.05, 0.1) is 6.61 Å². The number of guanidine groups is 1. The molecule has 2 rings (SSSR count). The van der Waals surface area contributed by atoms with Gasteiger partial charge in [-0.25, -0.2) is 0 Å². The van der Waals surface area contributed by atoms with Gasteiger partial charge in [0.15, 0.2) is 5.96 Å². The van der Waals surface area contributed by atoms with Gasteiger partial charge in [-0.15, -0.1) is 11.3 Å². The normalized spacial score (nSPS) is 12.7. The fourth-order valence-corrected chi connectivity index (χ4v) is 3.44. The van der Waals surface area contributed by atoms with Gasteiger partial charge in [-0.3, -0.25) is 4.99 Å². The highest BCUT2D eigenvalue weighted by Crippen LogP contribution is 2.21. The molecule has 0 saturated carbocycles. The summed E-state index contributed by atoms with van der Waals surface area (Å²) < 4.78 is 11.0. The molecule has 0 aliphatic carbocycles. The molecule has 0 amide bonds. The van der Waals surface area contributed by atoms with Crippen LogP contribution in [0, 0.1) is 6.92 Å². The molecule has 6 heteroatoms. The van der Waals surface area contributed by atoms with Gasteiger partial charge in [0, 0.05) is 56.6 Å². The van der Waals surface area contributed by atoms with Crippen LogP contribution >= 0.6 is 11.3 Å². The van der Waals surface area contributed by atoms with Crippen molar-refractivity contribution in [3.8, 4) is 5.75 Å². The number of aliphatic imine (C=N–C) groups is 1. The molecule has 0 aliphatic rings. The molecule has 0 bridgehead atoms. The number of hydrogen-bond acceptors (Lipinski definition) is 4. The van der Waals surface area contributed by atoms with E-state index in [0.717, 1.165) is 30.2 Å². The van der Waals surface area contributed by atoms with Gasteiger partial charge in [-0.2, -0.15) is 0 Å². The molecule has 1 heterocycles. The first-order valence-electron chi connectivity index (χ1n) is 9.33. The molecule has 0 radical (unpaired) electrons. The van der Waals surface area contributed by atoms with Gasteiger partial charge in [0.25, 0.3) is 0 Å². The average molecular weight is 390 g/mol. The van der Waals surface area contributed by atoms with Crippen molar-refractivity contribution in [3.05, 3.63) is 51.7 Å². The molecule has 0 spiro atoms. The van der Waals surface area contributed by atoms with E-state index in [2.05, 4.69) is 65.2 Å². The van der Waals surface area contributed by atoms with E-state index >= 15 is 0 Å². The number of thiophene rings is 1. The van der Waals surface area contributed by atoms with Crippen molar-refractivity contribution in [2.24, 2.45) is 4.99 Å². The molecule has 1 aromatic heterocycles. The summed E-state index contributed by atoms with van der Waals surface area (Å²) >= 11 is 1.79. The fourth-order valence-electron chi connectivity index (χ4n) is 2.65. The Morgan fingerprint density at radius 3 is 2.78 bits per heavy atom. The van der Waals surface area contributed by atoms with Gasteiger partial charge in [-0.05, 0) is 30.0 Å². The molecule has 2 aromatic rings. The molecule has 148 valence electrons. The van der Waals surface area contributed by atoms with E-state index in [1.54, 1.807) is 25.5 Å². The van der Waals surface area contributed by atoms with E-state index in [1.165, 1.54) is 10.4 Å². The van der Waals surface area contributed by atoms with Crippen LogP contribution in [-0.2, 0) is 11.3 Å². The minimum atomic E-state index is 0.447. The summed E-state index contributed by atoms with van der Waals surface area (Å²) in [6.45, 7) is 7.15. The third kappa shape index (κ3) is 7.23. The zero-order chi connectivity index (χ0) is 19.5. The van der Waals surface area contributed by atoms with E-state index in [9.17, 15) is 0 Å². The molecule has 0 aliphatic heterocycles. The minimum Gasteiger partial charge on any atom is -0.493 e. The Morgan fingerprint density at radius 2 is 2.07 bits per heavy atom. The number of hydrogen-bond donors (Lipinski definition) is 2. The Labute approximate surface area is 166 Å². The second kappa shape index (κ2) is 11.6. The van der Waals surface area contributed by atoms with Crippen molar-refractivity contribution in [2.45, 2.75) is 32.7 Å². The van der Waals surface area contributed by atoms with Crippen LogP contribution in [0.3, 0.4) is 0 Å². The third-order valence-corrected chi connectivity index (χ3v) is 5.35. The minimum absolute atomic E-state index is 0.447. The van der Waals surface area contributed by atoms with Crippen LogP contribution in [-0.4, -0.2) is 39.9 Å². The Hall–Kier alpha value is -2.05. The van der Waals surface area contributed by atoms with E-state index in [1.807, 2.05) is 0 Å². The molecule has 1 unspecified atom stereocenters. The zero-order valence-electron chi connectivity index (χ0n) is 16.7. The standard InChI is InChI=1S/C21H31N3O2S/c1-16-8-9-18(19(13-16)26-11-6-10-25-4)15-24-21(22-3)23-14-17(2)20-7-5-12-27-20/h5,7-9,12-13,17H,6,10-11,14-15H2,1-4H3,(H2,22,23,24). The number of nitrogens with one attached hydrogen (secondary N) is 2. The predicted octanol–water partition coefficient (Wildman–Crippen LogP) is 3.94. The average Bonchev–Trinajstić information content (AvgIpc) is 3.21. The topological polar surface area (TPSA) is 54.9 Å². The van der Waals surface area contributed by atoms with Crippen molar-refractivity contribution in [1.29, 1.82) is 0 Å². The lowest BCUT2D eigenvalue weighted by Crippen LogP contribution is -2.38. The van der Waals surface area contributed by atoms with Crippen molar-refractivity contribution < 1.29 is 9.47 Å². The summed E-state index contributed by atoms with van der Waals surface area (Å²) in [5.41, 5.74) is 2.31. The molecule has 2 N–H and O–H groups in total. The Morgan fingerprint density at radius 1 is 1.22 bits per heavy atom. The summed E-state index contributed by atoms with van der Waals surface area (Å²) in [5, 5.41) is 8.91. The quantitative estimate of drug-likeness (QED) is 0.367. The van der Waals surface area contributed by atoms with Gasteiger partial charge in [0.1, 0.15) is 5.75 Å². The molecule has 27 heavy (non-hydrogen) atoms. The number of benzene rings is 1. The highest BCUT2D eigenvalue weighted by Gasteiger charge is 2.09. The summed E-state index contributed by atoms with van der Waals surface area (Å²) in [6.07, 6.45) is 0.876. The maximum Gasteiger partial charge on any atom is 0.191 e. The van der Waals surface area contributed by atoms with Crippen molar-refractivity contribution >= 4 is 17.3 Å². The molecule has 1 aromatic carbocycles. The van der Waals surface area contributed by atoms with Crippen LogP contribution in [0.1, 0.15) is 35.3 Å². The number of ether oxygens (including phenoxy) is 2. The van der Waals surface area contributed by atoms with Gasteiger partial charge in [-0.1, -0.05) is 25.1 Å². The highest BCUT2D eigenvalue weighted by molar-refractivity contribution is 7.10. The Balaban J connectivity index is 1.87. The maximum atomic E-state index is 5.95. The number of rotatable bonds is 10. The number of methoxy groups -OCH3 is 1. The number of aryl methyl sites for hydroxylation is 1. The molecule has 1 atom stereocenters. The van der Waals surface area contributed by atoms with Gasteiger partial charge >= 0.3 is 0 Å². The van der Waals surface area contributed by atoms with Crippen molar-refractivity contribution in [2.75, 3.05) is 33.9 Å². The lowest BCUT2D eigenvalue weighted by atomic mass is 10.1. The van der Waals surface area contributed by atoms with Crippen LogP contribution in [0.15, 0.2) is 40.7 Å². The molecular weight excluding hydrogens is 358 g/mol. The SMILES string of the molecule is CN=C(NCc1ccc(C)cc1OCCCOC)NCC(C)c1cccs1. The van der Waals surface area contributed by atoms with E-state index in [0.29, 0.717) is 25.7 Å². The van der Waals surface area contributed by atoms with E-state index < -0.39 is 0 Å². The fraction of sp³-hybridized carbons (Fsp3) is 0.476. The van der Waals surface area contributed by atoms with Crippen molar-refractivity contribution in [3.63, 3.8) is 0 Å². The van der Waals surface area contributed by atoms with Crippen LogP contribution in [0.2, 0.25) is 0 Å². The zero-order valence-corrected chi connectivity index (χ0v) is 17.6. The largest absolute Gasteiger partial charge is 0.493 e. The molecule has 0 fully saturated rings. The molecule has 5 nitrogen and oxygen atoms in total. The third-order valence-electron chi connectivity index (χ3n) is 4.25. The summed E-state index contributed by atoms with van der Waals surface area (Å²) in [4.78, 5) is 5.71. The second-order valence-electron chi connectivity index (χ2n) is 6.53. The van der Waals surface area contributed by atoms with Crippen molar-refractivity contribution in [1.82, 2.24) is 10.6 Å². The second-order valence-corrected chi connectivity index (χ2v) is 7.51. The van der Waals surface area contributed by atoms with Gasteiger partial charge in [0.2, 0.25) is 0 Å². The summed E-state index contributed by atoms with van der Waals surface area (Å²) in [5.74, 6) is 2.16. The van der Waals surface area contributed by atoms with Crippen LogP contribution in [0.5, 0.6) is 5.75 Å². The maximum absolute atomic E-state index is 5.95. The lowest BCUT2D eigenvalue weighted by Gasteiger charge is -2.17. The monoisotopic (exact) mass is 389 g/mol. The van der Waals surface area contributed by atoms with E-state index in [-0.39, 0.29) is 0 Å². The lowest BCUT2D eigenvalue weighted by molar-refractivity contribution is 0.171. The molecular formula is C21H31N3O2S. The summed E-state index contributed by atoms with van der Waals surface area (Å²) in [6, 6.07) is 10.6. The summed E-state index contributed by atoms with van der Waals surface area (Å²) in [7, 11) is 3.50. The predicted molar refractivity (Wildman–Crippen MR) is 114 cm³/mol. The smallest absolute Gasteiger partial charge is 0.191 e. The highest BCUT2D eigenvalue weighted by atomic mass is 32.1. The van der Waals surface area contributed by atoms with Crippen LogP contribution in [0.25, 0.3) is 0 Å². The Bertz CT molecular complexity index is 701. The molecule has 0 saturated heterocycles. The Kier molecular flexibility index (Phi) is 9.15. The van der Waals surface area contributed by atoms with Gasteiger partial charge < -0.3 is 20.1 Å². The van der Waals surface area contributed by atoms with E-state index in [4.69, 9.17) is 9.47 Å². The first-order valence-corrected chi connectivity index (χ1v) is 10.2. The first-order chi connectivity index (χ1) is 13.1. The van der Waals surface area contributed by atoms with Crippen LogP contribution < -0.4 is 15.4 Å². The first kappa shape index (κ1) is 21.3.